The van der Waals surface area contributed by atoms with E-state index in [-0.39, 0.29) is 141 Å². The molecule has 34 nitrogen and oxygen atoms in total. The number of unbranched alkanes of at least 4 members (excludes halogenated alkanes) is 5. The van der Waals surface area contributed by atoms with Gasteiger partial charge in [0.05, 0.1) is 23.2 Å². The summed E-state index contributed by atoms with van der Waals surface area (Å²) in [6.07, 6.45) is 1.73. The SMILES string of the molecule is O=C(O)CC[C@H](NC(=O)N[C@@H](CCCCNC(=O)CCCCCCC(=O)NCCCC[C@@H](NC(=O)[C@@H](Cc1ccccc1)NC(=O)[C@@H](Cc1ccc(O)c(I)c1)NC(=O)CCC(C(=O)O)N1CCN(CC(=O)O)CCN(CC(=O)O)CCN(CC(=O)O)CC1)C(=O)O)C(=O)O)C(=O)O. The van der Waals surface area contributed by atoms with Crippen LogP contribution in [0.4, 0.5) is 4.79 Å². The number of aromatic hydroxyl groups is 1. The molecule has 0 aliphatic carbocycles. The van der Waals surface area contributed by atoms with Crippen LogP contribution < -0.4 is 37.2 Å². The zero-order valence-corrected chi connectivity index (χ0v) is 56.6. The van der Waals surface area contributed by atoms with Gasteiger partial charge in [-0.1, -0.05) is 49.2 Å². The van der Waals surface area contributed by atoms with Gasteiger partial charge in [0.2, 0.25) is 29.5 Å². The lowest BCUT2D eigenvalue weighted by atomic mass is 10.0. The molecular weight excluding hydrogens is 1410 g/mol. The third kappa shape index (κ3) is 35.4. The van der Waals surface area contributed by atoms with Crippen molar-refractivity contribution in [3.8, 4) is 5.75 Å². The van der Waals surface area contributed by atoms with Crippen LogP contribution in [-0.4, -0.2) is 270 Å². The van der Waals surface area contributed by atoms with Crippen molar-refractivity contribution in [2.24, 2.45) is 0 Å². The lowest BCUT2D eigenvalue weighted by molar-refractivity contribution is -0.145. The molecule has 0 spiro atoms. The summed E-state index contributed by atoms with van der Waals surface area (Å²) < 4.78 is 0.401. The fourth-order valence-corrected chi connectivity index (χ4v) is 11.1. The van der Waals surface area contributed by atoms with Crippen molar-refractivity contribution in [1.82, 2.24) is 56.8 Å². The number of hydrogen-bond donors (Lipinski definition) is 16. The maximum Gasteiger partial charge on any atom is 0.326 e. The van der Waals surface area contributed by atoms with Crippen molar-refractivity contribution >= 4 is 106 Å². The molecule has 1 aliphatic heterocycles. The van der Waals surface area contributed by atoms with E-state index in [0.29, 0.717) is 53.2 Å². The zero-order chi connectivity index (χ0) is 72.7. The maximum absolute atomic E-state index is 14.5. The number of amides is 7. The molecule has 1 fully saturated rings. The van der Waals surface area contributed by atoms with Crippen LogP contribution in [0.5, 0.6) is 5.75 Å². The second-order valence-corrected chi connectivity index (χ2v) is 24.8. The summed E-state index contributed by atoms with van der Waals surface area (Å²) in [4.78, 5) is 181. The number of aliphatic carboxylic acids is 8. The molecule has 3 rings (SSSR count). The molecule has 98 heavy (non-hydrogen) atoms. The Labute approximate surface area is 579 Å². The highest BCUT2D eigenvalue weighted by Gasteiger charge is 2.33. The summed E-state index contributed by atoms with van der Waals surface area (Å²) in [5, 5.41) is 105. The monoisotopic (exact) mass is 1500 g/mol. The van der Waals surface area contributed by atoms with Crippen molar-refractivity contribution in [2.45, 2.75) is 152 Å². The van der Waals surface area contributed by atoms with Crippen molar-refractivity contribution in [1.29, 1.82) is 0 Å². The van der Waals surface area contributed by atoms with Gasteiger partial charge in [0.1, 0.15) is 42.0 Å². The van der Waals surface area contributed by atoms with Crippen molar-refractivity contribution in [3.63, 3.8) is 0 Å². The smallest absolute Gasteiger partial charge is 0.326 e. The summed E-state index contributed by atoms with van der Waals surface area (Å²) in [7, 11) is 0. The minimum atomic E-state index is -1.54. The van der Waals surface area contributed by atoms with E-state index >= 15 is 0 Å². The van der Waals surface area contributed by atoms with Gasteiger partial charge < -0.3 is 83.2 Å². The average Bonchev–Trinajstić information content (AvgIpc) is 0.861. The van der Waals surface area contributed by atoms with Gasteiger partial charge in [-0.2, -0.15) is 0 Å². The number of hydrogen-bond acceptors (Lipinski definition) is 19. The lowest BCUT2D eigenvalue weighted by Crippen LogP contribution is -2.57. The minimum Gasteiger partial charge on any atom is -0.507 e. The van der Waals surface area contributed by atoms with Gasteiger partial charge in [-0.3, -0.25) is 67.5 Å². The number of carboxylic acid groups (broad SMARTS) is 8. The summed E-state index contributed by atoms with van der Waals surface area (Å²) in [6.45, 7) is -0.677. The van der Waals surface area contributed by atoms with Gasteiger partial charge in [0.25, 0.3) is 0 Å². The van der Waals surface area contributed by atoms with Crippen LogP contribution in [0.1, 0.15) is 114 Å². The highest BCUT2D eigenvalue weighted by atomic mass is 127. The van der Waals surface area contributed by atoms with E-state index in [2.05, 4.69) is 37.2 Å². The van der Waals surface area contributed by atoms with Gasteiger partial charge in [0.15, 0.2) is 0 Å². The number of rotatable bonds is 45. The summed E-state index contributed by atoms with van der Waals surface area (Å²) in [6, 6.07) is 3.22. The summed E-state index contributed by atoms with van der Waals surface area (Å²) in [5.74, 6) is -13.5. The number of carboxylic acids is 8. The Morgan fingerprint density at radius 3 is 1.27 bits per heavy atom. The number of nitrogens with one attached hydrogen (secondary N) is 7. The molecular formula is C63H92IN11O23. The van der Waals surface area contributed by atoms with Crippen molar-refractivity contribution < 1.29 is 113 Å². The third-order valence-electron chi connectivity index (χ3n) is 15.8. The molecule has 0 aromatic heterocycles. The Hall–Kier alpha value is -8.81. The largest absolute Gasteiger partial charge is 0.507 e. The van der Waals surface area contributed by atoms with E-state index in [9.17, 15) is 108 Å². The molecule has 2 aromatic rings. The second-order valence-electron chi connectivity index (χ2n) is 23.6. The number of phenols is 1. The Morgan fingerprint density at radius 2 is 0.827 bits per heavy atom. The van der Waals surface area contributed by atoms with E-state index in [1.807, 2.05) is 22.6 Å². The number of carbonyl (C=O) groups excluding carboxylic acids is 6. The molecule has 544 valence electrons. The van der Waals surface area contributed by atoms with Crippen LogP contribution in [0.25, 0.3) is 0 Å². The Balaban J connectivity index is 1.58. The number of phenolic OH excluding ortho intramolecular Hbond substituents is 1. The first-order chi connectivity index (χ1) is 46.5. The molecule has 6 atom stereocenters. The first-order valence-corrected chi connectivity index (χ1v) is 33.3. The molecule has 16 N–H and O–H groups in total. The Morgan fingerprint density at radius 1 is 0.398 bits per heavy atom. The van der Waals surface area contributed by atoms with Gasteiger partial charge in [0, 0.05) is 104 Å². The zero-order valence-electron chi connectivity index (χ0n) is 54.4. The van der Waals surface area contributed by atoms with Crippen LogP contribution in [0, 0.1) is 3.57 Å². The van der Waals surface area contributed by atoms with Crippen LogP contribution in [-0.2, 0) is 75.2 Å². The van der Waals surface area contributed by atoms with Crippen molar-refractivity contribution in [2.75, 3.05) is 85.1 Å². The molecule has 35 heteroatoms. The number of urea groups is 1. The second kappa shape index (κ2) is 45.6. The fourth-order valence-electron chi connectivity index (χ4n) is 10.5. The molecule has 1 heterocycles. The number of nitrogens with zero attached hydrogens (tertiary/aromatic N) is 4. The Bertz CT molecular complexity index is 2970. The van der Waals surface area contributed by atoms with Gasteiger partial charge >= 0.3 is 53.8 Å². The van der Waals surface area contributed by atoms with Crippen LogP contribution in [0.2, 0.25) is 0 Å². The van der Waals surface area contributed by atoms with Gasteiger partial charge in [-0.05, 0) is 110 Å². The van der Waals surface area contributed by atoms with E-state index in [4.69, 9.17) is 5.11 Å². The van der Waals surface area contributed by atoms with Crippen LogP contribution in [0.15, 0.2) is 48.5 Å². The molecule has 1 unspecified atom stereocenters. The normalized spacial score (nSPS) is 15.3. The van der Waals surface area contributed by atoms with Gasteiger partial charge in [-0.15, -0.1) is 0 Å². The predicted molar refractivity (Wildman–Crippen MR) is 355 cm³/mol. The van der Waals surface area contributed by atoms with Gasteiger partial charge in [-0.25, -0.2) is 19.2 Å². The highest BCUT2D eigenvalue weighted by molar-refractivity contribution is 14.1. The van der Waals surface area contributed by atoms with E-state index in [1.165, 1.54) is 26.8 Å². The first-order valence-electron chi connectivity index (χ1n) is 32.2. The lowest BCUT2D eigenvalue weighted by Gasteiger charge is -2.35. The minimum absolute atomic E-state index is 0.00521. The standard InChI is InChI=1S/C63H92IN11O23/c64-42-34-41(18-21-49(42)76)36-46(67-52(79)22-20-48(62(96)97)75-32-30-73(38-55(84)85)28-26-72(37-54(82)83)27-29-74(31-33-75)39-56(86)87)57(88)69-47(35-40-12-4-3-5-13-40)58(89)68-43(59(90)91)14-8-10-24-65-50(77)16-6-1-2-7-17-51(78)66-25-11-9-15-44(60(92)93)70-63(98)71-45(61(94)95)19-23-53(80)81/h3-5,12-13,18,21,34,43-48,76H,1-2,6-11,14-17,19-20,22-33,35-39H2,(H,65,77)(H,66,78)(H,67,79)(H,68,89)(H,69,88)(H,80,81)(H,82,83)(H,84,85)(H,86,87)(H,90,91)(H,92,93)(H,94,95)(H,96,97)(H2,70,71,98)/t43-,44+,45+,46-,47-,48?/m1/s1. The number of carbonyl (C=O) groups is 14. The topological polar surface area (TPSA) is 518 Å². The molecule has 1 saturated heterocycles. The fraction of sp³-hybridized carbons (Fsp3) is 0.587. The quantitative estimate of drug-likeness (QED) is 0.0307. The molecule has 2 aromatic carbocycles. The first kappa shape index (κ1) is 83.4. The molecule has 7 amide bonds. The maximum atomic E-state index is 14.5. The predicted octanol–water partition coefficient (Wildman–Crippen LogP) is 0.0138. The number of benzene rings is 2. The summed E-state index contributed by atoms with van der Waals surface area (Å²) >= 11 is 1.87. The Kier molecular flexibility index (Phi) is 38.9. The molecule has 0 bridgehead atoms. The van der Waals surface area contributed by atoms with E-state index in [0.717, 1.165) is 0 Å². The molecule has 0 saturated carbocycles. The number of halogens is 1. The average molecular weight is 1500 g/mol. The van der Waals surface area contributed by atoms with E-state index in [1.54, 1.807) is 41.3 Å². The molecule has 1 aliphatic rings. The molecule has 0 radical (unpaired) electrons. The summed E-state index contributed by atoms with van der Waals surface area (Å²) in [5.41, 5.74) is 1.03. The van der Waals surface area contributed by atoms with Crippen LogP contribution >= 0.6 is 22.6 Å². The van der Waals surface area contributed by atoms with Crippen LogP contribution in [0.3, 0.4) is 0 Å². The highest BCUT2D eigenvalue weighted by Crippen LogP contribution is 2.22. The third-order valence-corrected chi connectivity index (χ3v) is 16.7. The van der Waals surface area contributed by atoms with E-state index < -0.39 is 147 Å². The van der Waals surface area contributed by atoms with Crippen molar-refractivity contribution in [3.05, 3.63) is 63.2 Å².